The molecule has 1 heterocycles. The number of H-pyrrole nitrogens is 1. The maximum Gasteiger partial charge on any atom is 0.224 e. The standard InChI is InChI=1S/C18H18N2O/c1-2-5-18(21)19-15-10-8-13(9-11-15)17-12-14-6-3-4-7-16(14)20-17/h3-4,6-12,20H,2,5H2,1H3,(H,19,21). The number of hydrogen-bond acceptors (Lipinski definition) is 1. The van der Waals surface area contributed by atoms with E-state index in [-0.39, 0.29) is 5.91 Å². The van der Waals surface area contributed by atoms with Crippen LogP contribution in [-0.4, -0.2) is 10.9 Å². The van der Waals surface area contributed by atoms with Gasteiger partial charge in [0.2, 0.25) is 5.91 Å². The SMILES string of the molecule is CCCC(=O)Nc1ccc(-c2cc3ccccc3[nH]2)cc1. The van der Waals surface area contributed by atoms with Crippen LogP contribution in [0.4, 0.5) is 5.69 Å². The Balaban J connectivity index is 1.81. The third-order valence-corrected chi connectivity index (χ3v) is 3.49. The first-order valence-electron chi connectivity index (χ1n) is 7.24. The summed E-state index contributed by atoms with van der Waals surface area (Å²) >= 11 is 0. The van der Waals surface area contributed by atoms with Crippen molar-refractivity contribution in [3.8, 4) is 11.3 Å². The average Bonchev–Trinajstić information content (AvgIpc) is 2.92. The predicted molar refractivity (Wildman–Crippen MR) is 87.3 cm³/mol. The van der Waals surface area contributed by atoms with E-state index in [0.29, 0.717) is 6.42 Å². The molecule has 0 atom stereocenters. The molecule has 3 heteroatoms. The summed E-state index contributed by atoms with van der Waals surface area (Å²) in [5.74, 6) is 0.0656. The molecule has 3 aromatic rings. The average molecular weight is 278 g/mol. The Hall–Kier alpha value is -2.55. The zero-order valence-corrected chi connectivity index (χ0v) is 12.0. The lowest BCUT2D eigenvalue weighted by molar-refractivity contribution is -0.116. The first-order valence-corrected chi connectivity index (χ1v) is 7.24. The Morgan fingerprint density at radius 1 is 1.10 bits per heavy atom. The quantitative estimate of drug-likeness (QED) is 0.721. The largest absolute Gasteiger partial charge is 0.355 e. The Bertz CT molecular complexity index is 723. The second-order valence-corrected chi connectivity index (χ2v) is 5.15. The number of benzene rings is 2. The van der Waals surface area contributed by atoms with Gasteiger partial charge in [-0.1, -0.05) is 37.3 Å². The number of aromatic amines is 1. The van der Waals surface area contributed by atoms with Crippen LogP contribution in [0.1, 0.15) is 19.8 Å². The van der Waals surface area contributed by atoms with Crippen molar-refractivity contribution in [2.75, 3.05) is 5.32 Å². The lowest BCUT2D eigenvalue weighted by Gasteiger charge is -2.05. The summed E-state index contributed by atoms with van der Waals surface area (Å²) in [6.07, 6.45) is 1.42. The maximum atomic E-state index is 11.6. The number of fused-ring (bicyclic) bond motifs is 1. The molecule has 1 amide bonds. The highest BCUT2D eigenvalue weighted by Crippen LogP contribution is 2.25. The monoisotopic (exact) mass is 278 g/mol. The zero-order chi connectivity index (χ0) is 14.7. The van der Waals surface area contributed by atoms with Crippen LogP contribution in [-0.2, 0) is 4.79 Å². The van der Waals surface area contributed by atoms with E-state index in [1.807, 2.05) is 43.3 Å². The Morgan fingerprint density at radius 3 is 2.57 bits per heavy atom. The van der Waals surface area contributed by atoms with Gasteiger partial charge in [-0.05, 0) is 36.2 Å². The van der Waals surface area contributed by atoms with Crippen LogP contribution in [0.25, 0.3) is 22.2 Å². The topological polar surface area (TPSA) is 44.9 Å². The van der Waals surface area contributed by atoms with E-state index in [2.05, 4.69) is 28.5 Å². The molecule has 3 nitrogen and oxygen atoms in total. The smallest absolute Gasteiger partial charge is 0.224 e. The maximum absolute atomic E-state index is 11.6. The van der Waals surface area contributed by atoms with Crippen LogP contribution >= 0.6 is 0 Å². The van der Waals surface area contributed by atoms with E-state index in [9.17, 15) is 4.79 Å². The van der Waals surface area contributed by atoms with E-state index in [1.54, 1.807) is 0 Å². The summed E-state index contributed by atoms with van der Waals surface area (Å²) in [6, 6.07) is 18.3. The highest BCUT2D eigenvalue weighted by molar-refractivity contribution is 5.91. The Kier molecular flexibility index (Phi) is 3.73. The minimum Gasteiger partial charge on any atom is -0.355 e. The van der Waals surface area contributed by atoms with Crippen molar-refractivity contribution >= 4 is 22.5 Å². The first-order chi connectivity index (χ1) is 10.3. The van der Waals surface area contributed by atoms with Gasteiger partial charge in [0.15, 0.2) is 0 Å². The number of carbonyl (C=O) groups excluding carboxylic acids is 1. The molecule has 3 rings (SSSR count). The van der Waals surface area contributed by atoms with Crippen molar-refractivity contribution in [3.63, 3.8) is 0 Å². The van der Waals surface area contributed by atoms with E-state index in [0.717, 1.165) is 28.9 Å². The van der Waals surface area contributed by atoms with Gasteiger partial charge in [-0.3, -0.25) is 4.79 Å². The first kappa shape index (κ1) is 13.4. The molecule has 0 saturated carbocycles. The van der Waals surface area contributed by atoms with Crippen molar-refractivity contribution in [2.24, 2.45) is 0 Å². The van der Waals surface area contributed by atoms with Gasteiger partial charge in [0.05, 0.1) is 0 Å². The van der Waals surface area contributed by atoms with Crippen LogP contribution in [0, 0.1) is 0 Å². The minimum atomic E-state index is 0.0656. The number of nitrogens with one attached hydrogen (secondary N) is 2. The van der Waals surface area contributed by atoms with Gasteiger partial charge in [-0.25, -0.2) is 0 Å². The molecule has 0 bridgehead atoms. The lowest BCUT2D eigenvalue weighted by Crippen LogP contribution is -2.10. The second-order valence-electron chi connectivity index (χ2n) is 5.15. The fourth-order valence-corrected chi connectivity index (χ4v) is 2.41. The number of hydrogen-bond donors (Lipinski definition) is 2. The third-order valence-electron chi connectivity index (χ3n) is 3.49. The molecular formula is C18H18N2O. The zero-order valence-electron chi connectivity index (χ0n) is 12.0. The molecule has 21 heavy (non-hydrogen) atoms. The molecular weight excluding hydrogens is 260 g/mol. The lowest BCUT2D eigenvalue weighted by atomic mass is 10.1. The molecule has 0 radical (unpaired) electrons. The van der Waals surface area contributed by atoms with Crippen molar-refractivity contribution < 1.29 is 4.79 Å². The molecule has 2 aromatic carbocycles. The molecule has 0 aliphatic heterocycles. The summed E-state index contributed by atoms with van der Waals surface area (Å²) in [7, 11) is 0. The number of rotatable bonds is 4. The van der Waals surface area contributed by atoms with Crippen LogP contribution in [0.2, 0.25) is 0 Å². The molecule has 2 N–H and O–H groups in total. The van der Waals surface area contributed by atoms with E-state index in [1.165, 1.54) is 5.39 Å². The summed E-state index contributed by atoms with van der Waals surface area (Å²) < 4.78 is 0. The highest BCUT2D eigenvalue weighted by Gasteiger charge is 2.04. The molecule has 0 aliphatic rings. The van der Waals surface area contributed by atoms with Gasteiger partial charge in [-0.2, -0.15) is 0 Å². The van der Waals surface area contributed by atoms with Crippen LogP contribution in [0.3, 0.4) is 0 Å². The normalized spacial score (nSPS) is 10.7. The van der Waals surface area contributed by atoms with Crippen molar-refractivity contribution in [2.45, 2.75) is 19.8 Å². The molecule has 0 spiro atoms. The number of amides is 1. The molecule has 0 fully saturated rings. The van der Waals surface area contributed by atoms with Crippen molar-refractivity contribution in [3.05, 3.63) is 54.6 Å². The van der Waals surface area contributed by atoms with E-state index < -0.39 is 0 Å². The van der Waals surface area contributed by atoms with Crippen LogP contribution < -0.4 is 5.32 Å². The third kappa shape index (κ3) is 2.97. The van der Waals surface area contributed by atoms with Crippen molar-refractivity contribution in [1.29, 1.82) is 0 Å². The minimum absolute atomic E-state index is 0.0656. The van der Waals surface area contributed by atoms with Crippen molar-refractivity contribution in [1.82, 2.24) is 4.98 Å². The van der Waals surface area contributed by atoms with E-state index in [4.69, 9.17) is 0 Å². The summed E-state index contributed by atoms with van der Waals surface area (Å²) in [4.78, 5) is 15.0. The van der Waals surface area contributed by atoms with Gasteiger partial charge in [0.25, 0.3) is 0 Å². The van der Waals surface area contributed by atoms with Gasteiger partial charge in [0, 0.05) is 28.7 Å². The van der Waals surface area contributed by atoms with Gasteiger partial charge >= 0.3 is 0 Å². The predicted octanol–water partition coefficient (Wildman–Crippen LogP) is 4.57. The summed E-state index contributed by atoms with van der Waals surface area (Å²) in [6.45, 7) is 2.00. The fourth-order valence-electron chi connectivity index (χ4n) is 2.41. The highest BCUT2D eigenvalue weighted by atomic mass is 16.1. The number of para-hydroxylation sites is 1. The summed E-state index contributed by atoms with van der Waals surface area (Å²) in [5, 5.41) is 4.10. The molecule has 0 unspecified atom stereocenters. The summed E-state index contributed by atoms with van der Waals surface area (Å²) in [5.41, 5.74) is 4.17. The van der Waals surface area contributed by atoms with Crippen LogP contribution in [0.5, 0.6) is 0 Å². The Morgan fingerprint density at radius 2 is 1.86 bits per heavy atom. The fraction of sp³-hybridized carbons (Fsp3) is 0.167. The second kappa shape index (κ2) is 5.83. The molecule has 1 aromatic heterocycles. The van der Waals surface area contributed by atoms with Crippen LogP contribution in [0.15, 0.2) is 54.6 Å². The van der Waals surface area contributed by atoms with Gasteiger partial charge in [-0.15, -0.1) is 0 Å². The van der Waals surface area contributed by atoms with Gasteiger partial charge in [0.1, 0.15) is 0 Å². The van der Waals surface area contributed by atoms with Gasteiger partial charge < -0.3 is 10.3 Å². The molecule has 0 saturated heterocycles. The number of anilines is 1. The van der Waals surface area contributed by atoms with E-state index >= 15 is 0 Å². The number of aromatic nitrogens is 1. The molecule has 106 valence electrons. The Labute approximate surface area is 124 Å². The number of carbonyl (C=O) groups is 1. The molecule has 0 aliphatic carbocycles.